The van der Waals surface area contributed by atoms with Crippen LogP contribution in [-0.2, 0) is 0 Å². The minimum Gasteiger partial charge on any atom is -0.309 e. The van der Waals surface area contributed by atoms with Gasteiger partial charge in [-0.05, 0) is 129 Å². The Labute approximate surface area is 418 Å². The lowest BCUT2D eigenvalue weighted by Gasteiger charge is -2.13. The summed E-state index contributed by atoms with van der Waals surface area (Å²) in [5.41, 5.74) is 14.3. The molecule has 0 atom stereocenters. The summed E-state index contributed by atoms with van der Waals surface area (Å²) >= 11 is 0. The number of fused-ring (bicyclic) bond motifs is 13. The fourth-order valence-electron chi connectivity index (χ4n) is 12.0. The molecule has 0 N–H and O–H groups in total. The summed E-state index contributed by atoms with van der Waals surface area (Å²) in [6.07, 6.45) is 0. The van der Waals surface area contributed by atoms with E-state index in [-0.39, 0.29) is 0 Å². The molecule has 0 aliphatic heterocycles. The highest BCUT2D eigenvalue weighted by atomic mass is 15.0. The molecule has 338 valence electrons. The Kier molecular flexibility index (Phi) is 8.39. The van der Waals surface area contributed by atoms with Gasteiger partial charge in [-0.2, -0.15) is 0 Å². The molecule has 16 rings (SSSR count). The Morgan fingerprint density at radius 1 is 0.233 bits per heavy atom. The zero-order valence-electron chi connectivity index (χ0n) is 39.4. The topological polar surface area (TPSA) is 40.6 Å². The maximum Gasteiger partial charge on any atom is 0.160 e. The van der Waals surface area contributed by atoms with Crippen LogP contribution in [0.4, 0.5) is 0 Å². The predicted molar refractivity (Wildman–Crippen MR) is 306 cm³/mol. The minimum atomic E-state index is 0.700. The first kappa shape index (κ1) is 39.9. The van der Waals surface area contributed by atoms with E-state index in [0.29, 0.717) is 5.82 Å². The van der Waals surface area contributed by atoms with Crippen LogP contribution in [-0.4, -0.2) is 23.7 Å². The van der Waals surface area contributed by atoms with Crippen LogP contribution in [0.2, 0.25) is 0 Å². The molecule has 0 saturated carbocycles. The molecule has 12 aromatic carbocycles. The quantitative estimate of drug-likeness (QED) is 0.173. The van der Waals surface area contributed by atoms with Gasteiger partial charge in [-0.25, -0.2) is 9.97 Å². The maximum atomic E-state index is 5.40. The second-order valence-corrected chi connectivity index (χ2v) is 19.4. The second kappa shape index (κ2) is 15.3. The molecule has 0 aliphatic carbocycles. The molecule has 5 nitrogen and oxygen atoms in total. The van der Waals surface area contributed by atoms with Crippen molar-refractivity contribution in [3.05, 3.63) is 249 Å². The van der Waals surface area contributed by atoms with Gasteiger partial charge in [0, 0.05) is 65.9 Å². The first-order chi connectivity index (χ1) is 36.2. The van der Waals surface area contributed by atoms with E-state index in [1.165, 1.54) is 81.4 Å². The van der Waals surface area contributed by atoms with E-state index >= 15 is 0 Å². The molecule has 4 heterocycles. The Bertz CT molecular complexity index is 4980. The van der Waals surface area contributed by atoms with Crippen molar-refractivity contribution in [1.29, 1.82) is 0 Å². The summed E-state index contributed by atoms with van der Waals surface area (Å²) < 4.78 is 7.23. The fourth-order valence-corrected chi connectivity index (χ4v) is 12.0. The summed E-state index contributed by atoms with van der Waals surface area (Å²) in [4.78, 5) is 10.6. The first-order valence-corrected chi connectivity index (χ1v) is 25.0. The predicted octanol–water partition coefficient (Wildman–Crippen LogP) is 17.7. The van der Waals surface area contributed by atoms with Crippen LogP contribution < -0.4 is 0 Å². The molecule has 0 spiro atoms. The fraction of sp³-hybridized carbons (Fsp3) is 0. The number of aromatic nitrogens is 5. The van der Waals surface area contributed by atoms with E-state index in [1.54, 1.807) is 0 Å². The smallest absolute Gasteiger partial charge is 0.160 e. The van der Waals surface area contributed by atoms with Crippen LogP contribution >= 0.6 is 0 Å². The molecule has 0 unspecified atom stereocenters. The molecule has 73 heavy (non-hydrogen) atoms. The molecule has 0 bridgehead atoms. The van der Waals surface area contributed by atoms with Gasteiger partial charge >= 0.3 is 0 Å². The largest absolute Gasteiger partial charge is 0.309 e. The van der Waals surface area contributed by atoms with Gasteiger partial charge in [0.25, 0.3) is 0 Å². The van der Waals surface area contributed by atoms with Crippen LogP contribution in [0.15, 0.2) is 249 Å². The summed E-state index contributed by atoms with van der Waals surface area (Å²) in [6.45, 7) is 0. The van der Waals surface area contributed by atoms with Crippen molar-refractivity contribution in [2.24, 2.45) is 0 Å². The van der Waals surface area contributed by atoms with Crippen molar-refractivity contribution < 1.29 is 0 Å². The lowest BCUT2D eigenvalue weighted by atomic mass is 10.0. The highest BCUT2D eigenvalue weighted by molar-refractivity contribution is 6.16. The van der Waals surface area contributed by atoms with Crippen molar-refractivity contribution in [3.8, 4) is 39.7 Å². The van der Waals surface area contributed by atoms with Gasteiger partial charge in [0.2, 0.25) is 0 Å². The van der Waals surface area contributed by atoms with Crippen molar-refractivity contribution in [3.63, 3.8) is 0 Å². The molecule has 0 saturated heterocycles. The van der Waals surface area contributed by atoms with Gasteiger partial charge in [0.15, 0.2) is 5.82 Å². The van der Waals surface area contributed by atoms with Gasteiger partial charge in [0.1, 0.15) is 0 Å². The van der Waals surface area contributed by atoms with E-state index in [4.69, 9.17) is 9.97 Å². The number of rotatable bonds is 5. The third kappa shape index (κ3) is 6.03. The van der Waals surface area contributed by atoms with E-state index in [0.717, 1.165) is 61.1 Å². The zero-order valence-corrected chi connectivity index (χ0v) is 39.4. The maximum absolute atomic E-state index is 5.40. The third-order valence-corrected chi connectivity index (χ3v) is 15.3. The van der Waals surface area contributed by atoms with Crippen LogP contribution in [0.1, 0.15) is 0 Å². The lowest BCUT2D eigenvalue weighted by molar-refractivity contribution is 1.18. The van der Waals surface area contributed by atoms with Crippen LogP contribution in [0, 0.1) is 0 Å². The SMILES string of the molecule is c1ccc(-n2c3ccccc3c3ccc(-c4nc(-c5ccc6cc(-n7c8ccccc8c8cc9ccc(-n%10c%11ccccc%11c%11cc%12ccccc%12cc%11%10)cc9cc87)ccc6c5)nc5ccccc45)cc32)cc1. The molecular formula is C68H41N5. The van der Waals surface area contributed by atoms with Crippen molar-refractivity contribution in [1.82, 2.24) is 23.7 Å². The Hall–Kier alpha value is -9.84. The third-order valence-electron chi connectivity index (χ3n) is 15.3. The Balaban J connectivity index is 0.818. The number of para-hydroxylation sites is 5. The molecule has 0 fully saturated rings. The summed E-state index contributed by atoms with van der Waals surface area (Å²) in [6, 6.07) is 90.5. The standard InChI is InChI=1S/C68H41N5/c1-2-16-50(17-3-1)71-61-23-11-7-18-53(61)56-33-30-47(40-64(56)71)67-57-21-6-10-22-60(57)69-68(70-67)48-27-26-45-35-51(31-28-44(45)34-48)72-62-24-12-9-20-55(62)59-38-46-29-32-52(36-49(46)41-66(59)72)73-63-25-13-8-19-54(63)58-37-42-14-4-5-15-43(42)39-65(58)73/h1-41H. The Morgan fingerprint density at radius 2 is 0.685 bits per heavy atom. The average molecular weight is 928 g/mol. The molecule has 0 radical (unpaired) electrons. The van der Waals surface area contributed by atoms with E-state index < -0.39 is 0 Å². The van der Waals surface area contributed by atoms with Crippen LogP contribution in [0.5, 0.6) is 0 Å². The first-order valence-electron chi connectivity index (χ1n) is 25.0. The summed E-state index contributed by atoms with van der Waals surface area (Å²) in [7, 11) is 0. The van der Waals surface area contributed by atoms with E-state index in [1.807, 2.05) is 0 Å². The van der Waals surface area contributed by atoms with E-state index in [2.05, 4.69) is 262 Å². The van der Waals surface area contributed by atoms with Gasteiger partial charge < -0.3 is 13.7 Å². The second-order valence-electron chi connectivity index (χ2n) is 19.4. The molecule has 16 aromatic rings. The molecule has 4 aromatic heterocycles. The monoisotopic (exact) mass is 927 g/mol. The normalized spacial score (nSPS) is 12.1. The highest BCUT2D eigenvalue weighted by Crippen LogP contribution is 2.41. The average Bonchev–Trinajstić information content (AvgIpc) is 4.08. The highest BCUT2D eigenvalue weighted by Gasteiger charge is 2.19. The van der Waals surface area contributed by atoms with Gasteiger partial charge in [-0.3, -0.25) is 0 Å². The van der Waals surface area contributed by atoms with Crippen LogP contribution in [0.3, 0.4) is 0 Å². The van der Waals surface area contributed by atoms with Gasteiger partial charge in [-0.1, -0.05) is 152 Å². The number of nitrogens with zero attached hydrogens (tertiary/aromatic N) is 5. The molecule has 0 amide bonds. The number of benzene rings is 12. The Morgan fingerprint density at radius 3 is 1.37 bits per heavy atom. The van der Waals surface area contributed by atoms with Gasteiger partial charge in [-0.15, -0.1) is 0 Å². The van der Waals surface area contributed by atoms with Gasteiger partial charge in [0.05, 0.1) is 44.3 Å². The number of hydrogen-bond donors (Lipinski definition) is 0. The molecule has 5 heteroatoms. The van der Waals surface area contributed by atoms with Crippen LogP contribution in [0.25, 0.3) is 148 Å². The zero-order chi connectivity index (χ0) is 47.7. The van der Waals surface area contributed by atoms with Crippen molar-refractivity contribution in [2.75, 3.05) is 0 Å². The van der Waals surface area contributed by atoms with Crippen molar-refractivity contribution in [2.45, 2.75) is 0 Å². The number of hydrogen-bond acceptors (Lipinski definition) is 2. The molecular weight excluding hydrogens is 887 g/mol. The lowest BCUT2D eigenvalue weighted by Crippen LogP contribution is -1.97. The summed E-state index contributed by atoms with van der Waals surface area (Å²) in [5, 5.41) is 15.6. The van der Waals surface area contributed by atoms with E-state index in [9.17, 15) is 0 Å². The molecule has 0 aliphatic rings. The minimum absolute atomic E-state index is 0.700. The summed E-state index contributed by atoms with van der Waals surface area (Å²) in [5.74, 6) is 0.700. The van der Waals surface area contributed by atoms with Crippen molar-refractivity contribution >= 4 is 109 Å².